The van der Waals surface area contributed by atoms with Crippen LogP contribution in [0.1, 0.15) is 49.5 Å². The van der Waals surface area contributed by atoms with E-state index < -0.39 is 48.8 Å². The quantitative estimate of drug-likeness (QED) is 0.0743. The molecule has 1 aliphatic heterocycles. The summed E-state index contributed by atoms with van der Waals surface area (Å²) in [4.78, 5) is 28.5. The van der Waals surface area contributed by atoms with Crippen LogP contribution in [0.2, 0.25) is 0 Å². The van der Waals surface area contributed by atoms with E-state index in [9.17, 15) is 35.4 Å². The normalized spacial score (nSPS) is 22.5. The third-order valence-corrected chi connectivity index (χ3v) is 10.7. The maximum Gasteiger partial charge on any atom is 0.193 e. The Morgan fingerprint density at radius 3 is 2.55 bits per heavy atom. The first-order valence-corrected chi connectivity index (χ1v) is 17.3. The van der Waals surface area contributed by atoms with Crippen LogP contribution < -0.4 is 10.2 Å². The van der Waals surface area contributed by atoms with Gasteiger partial charge in [0, 0.05) is 54.4 Å². The number of benzene rings is 2. The van der Waals surface area contributed by atoms with E-state index in [1.165, 1.54) is 30.3 Å². The third-order valence-electron chi connectivity index (χ3n) is 10.7. The van der Waals surface area contributed by atoms with Crippen molar-refractivity contribution in [1.29, 1.82) is 0 Å². The topological polar surface area (TPSA) is 200 Å². The van der Waals surface area contributed by atoms with Crippen molar-refractivity contribution in [2.75, 3.05) is 13.2 Å². The lowest BCUT2D eigenvalue weighted by molar-refractivity contribution is -0.374. The molecule has 4 heterocycles. The number of aryl methyl sites for hydroxylation is 1. The molecule has 1 fully saturated rings. The molecule has 1 saturated carbocycles. The molecule has 13 heteroatoms. The number of aromatic amines is 1. The van der Waals surface area contributed by atoms with Crippen LogP contribution in [-0.4, -0.2) is 89.0 Å². The minimum absolute atomic E-state index is 0.000148. The number of nitrogens with one attached hydrogen (secondary N) is 1. The van der Waals surface area contributed by atoms with Gasteiger partial charge in [-0.25, -0.2) is 9.78 Å². The van der Waals surface area contributed by atoms with Gasteiger partial charge in [0.2, 0.25) is 0 Å². The smallest absolute Gasteiger partial charge is 0.193 e. The molecular weight excluding hydrogens is 660 g/mol. The Morgan fingerprint density at radius 2 is 1.84 bits per heavy atom. The van der Waals surface area contributed by atoms with E-state index in [0.717, 1.165) is 36.6 Å². The van der Waals surface area contributed by atoms with E-state index in [1.807, 2.05) is 36.1 Å². The van der Waals surface area contributed by atoms with Gasteiger partial charge in [-0.3, -0.25) is 4.79 Å². The summed E-state index contributed by atoms with van der Waals surface area (Å²) in [7, 11) is 0. The van der Waals surface area contributed by atoms with Gasteiger partial charge in [-0.1, -0.05) is 25.0 Å². The lowest BCUT2D eigenvalue weighted by Gasteiger charge is -2.46. The Morgan fingerprint density at radius 1 is 1.10 bits per heavy atom. The van der Waals surface area contributed by atoms with Crippen LogP contribution >= 0.6 is 0 Å². The highest BCUT2D eigenvalue weighted by atomic mass is 17.2. The van der Waals surface area contributed by atoms with Crippen LogP contribution in [0, 0.1) is 12.8 Å². The molecule has 3 aromatic heterocycles. The molecule has 0 amide bonds. The number of hydrogen-bond donors (Lipinski definition) is 7. The Kier molecular flexibility index (Phi) is 9.48. The van der Waals surface area contributed by atoms with Crippen LogP contribution in [0.3, 0.4) is 0 Å². The average molecular weight is 705 g/mol. The van der Waals surface area contributed by atoms with E-state index in [1.54, 1.807) is 13.0 Å². The SMILES string of the molecule is Cc1cc(=O)c2cc3c(c(-n4cc5cc[nH]c5c4)c2o1)O[C@](C)(C1CCCC1)[C@H](OOC[C@@](O)(Cc1ccc(O)cc1)[C@@H](O)[C@H](O)[C@H](O)CO)C3. The van der Waals surface area contributed by atoms with Gasteiger partial charge in [0.1, 0.15) is 59.4 Å². The average Bonchev–Trinajstić information content (AvgIpc) is 3.88. The summed E-state index contributed by atoms with van der Waals surface area (Å²) in [5, 5.41) is 64.1. The summed E-state index contributed by atoms with van der Waals surface area (Å²) in [6.45, 7) is 2.21. The van der Waals surface area contributed by atoms with Crippen molar-refractivity contribution < 1.29 is 49.6 Å². The molecule has 0 radical (unpaired) electrons. The molecule has 5 aromatic rings. The van der Waals surface area contributed by atoms with Crippen molar-refractivity contribution in [3.05, 3.63) is 88.2 Å². The fraction of sp³-hybridized carbons (Fsp3) is 0.447. The number of rotatable bonds is 12. The lowest BCUT2D eigenvalue weighted by Crippen LogP contribution is -2.58. The van der Waals surface area contributed by atoms with Crippen molar-refractivity contribution >= 4 is 21.9 Å². The van der Waals surface area contributed by atoms with E-state index in [2.05, 4.69) is 4.98 Å². The van der Waals surface area contributed by atoms with Gasteiger partial charge in [-0.2, -0.15) is 0 Å². The van der Waals surface area contributed by atoms with E-state index >= 15 is 0 Å². The minimum Gasteiger partial charge on any atom is -0.508 e. The van der Waals surface area contributed by atoms with Gasteiger partial charge < -0.3 is 49.3 Å². The number of ether oxygens (including phenoxy) is 1. The van der Waals surface area contributed by atoms with Crippen molar-refractivity contribution in [3.63, 3.8) is 0 Å². The summed E-state index contributed by atoms with van der Waals surface area (Å²) in [5.41, 5.74) is -0.271. The maximum absolute atomic E-state index is 13.4. The molecule has 0 bridgehead atoms. The molecule has 0 unspecified atom stereocenters. The summed E-state index contributed by atoms with van der Waals surface area (Å²) < 4.78 is 15.2. The number of hydrogen-bond acceptors (Lipinski definition) is 11. The lowest BCUT2D eigenvalue weighted by atomic mass is 9.78. The number of aliphatic hydroxyl groups is 5. The summed E-state index contributed by atoms with van der Waals surface area (Å²) >= 11 is 0. The molecule has 6 atom stereocenters. The number of phenols is 1. The molecule has 51 heavy (non-hydrogen) atoms. The van der Waals surface area contributed by atoms with Crippen molar-refractivity contribution in [3.8, 4) is 17.2 Å². The number of nitrogens with zero attached hydrogens (tertiary/aromatic N) is 1. The highest BCUT2D eigenvalue weighted by Gasteiger charge is 2.51. The van der Waals surface area contributed by atoms with E-state index in [-0.39, 0.29) is 29.9 Å². The Labute approximate surface area is 293 Å². The fourth-order valence-electron chi connectivity index (χ4n) is 7.73. The first-order chi connectivity index (χ1) is 24.4. The number of aromatic nitrogens is 2. The Bertz CT molecular complexity index is 2040. The fourth-order valence-corrected chi connectivity index (χ4v) is 7.73. The Balaban J connectivity index is 1.25. The number of aromatic hydroxyl groups is 1. The van der Waals surface area contributed by atoms with Gasteiger partial charge in [-0.05, 0) is 56.5 Å². The second-order valence-electron chi connectivity index (χ2n) is 14.3. The number of H-pyrrole nitrogens is 1. The molecule has 2 aliphatic rings. The first-order valence-electron chi connectivity index (χ1n) is 17.3. The maximum atomic E-state index is 13.4. The summed E-state index contributed by atoms with van der Waals surface area (Å²) in [6.07, 6.45) is 3.16. The molecule has 13 nitrogen and oxygen atoms in total. The zero-order chi connectivity index (χ0) is 36.1. The minimum atomic E-state index is -2.21. The highest BCUT2D eigenvalue weighted by molar-refractivity contribution is 5.91. The highest BCUT2D eigenvalue weighted by Crippen LogP contribution is 2.49. The van der Waals surface area contributed by atoms with Gasteiger partial charge in [0.15, 0.2) is 16.8 Å². The van der Waals surface area contributed by atoms with E-state index in [0.29, 0.717) is 39.3 Å². The second-order valence-corrected chi connectivity index (χ2v) is 14.3. The molecule has 1 aliphatic carbocycles. The van der Waals surface area contributed by atoms with Gasteiger partial charge in [0.05, 0.1) is 17.5 Å². The molecule has 0 spiro atoms. The van der Waals surface area contributed by atoms with Crippen LogP contribution in [0.25, 0.3) is 27.6 Å². The van der Waals surface area contributed by atoms with Crippen molar-refractivity contribution in [2.24, 2.45) is 5.92 Å². The van der Waals surface area contributed by atoms with Crippen molar-refractivity contribution in [2.45, 2.75) is 88.0 Å². The van der Waals surface area contributed by atoms with Gasteiger partial charge in [-0.15, -0.1) is 0 Å². The number of fused-ring (bicyclic) bond motifs is 3. The molecule has 272 valence electrons. The number of phenolic OH excluding ortho intramolecular Hbond substituents is 1. The zero-order valence-electron chi connectivity index (χ0n) is 28.5. The predicted molar refractivity (Wildman–Crippen MR) is 186 cm³/mol. The molecule has 0 saturated heterocycles. The largest absolute Gasteiger partial charge is 0.508 e. The molecule has 7 rings (SSSR count). The van der Waals surface area contributed by atoms with Crippen molar-refractivity contribution in [1.82, 2.24) is 9.55 Å². The van der Waals surface area contributed by atoms with Crippen LogP contribution in [-0.2, 0) is 22.6 Å². The second kappa shape index (κ2) is 13.7. The predicted octanol–water partition coefficient (Wildman–Crippen LogP) is 3.33. The molecule has 2 aromatic carbocycles. The first kappa shape index (κ1) is 35.2. The summed E-state index contributed by atoms with van der Waals surface area (Å²) in [6, 6.07) is 11.1. The monoisotopic (exact) mass is 704 g/mol. The summed E-state index contributed by atoms with van der Waals surface area (Å²) in [5.74, 6) is 1.09. The van der Waals surface area contributed by atoms with Crippen LogP contribution in [0.4, 0.5) is 0 Å². The molecule has 7 N–H and O–H groups in total. The zero-order valence-corrected chi connectivity index (χ0v) is 28.5. The standard InChI is InChI=1S/C38H44N2O11/c1-21-13-29(43)27-14-24-15-31(51-48-20-38(47,36(46)33(45)30(44)19-41)16-22-7-9-26(42)10-8-22)37(2,25-5-3-4-6-25)50-34(24)32(35(27)49-21)40-17-23-11-12-39-28(23)18-40/h7-14,17-18,25,30-31,33,36,39,41-42,44-47H,3-6,15-16,19-20H2,1-2H3/t30-,31-,33-,36+,37-,38+/m1/s1. The third kappa shape index (κ3) is 6.55. The van der Waals surface area contributed by atoms with Gasteiger partial charge in [0.25, 0.3) is 0 Å². The van der Waals surface area contributed by atoms with Gasteiger partial charge >= 0.3 is 0 Å². The van der Waals surface area contributed by atoms with E-state index in [4.69, 9.17) is 18.9 Å². The Hall–Kier alpha value is -4.21. The van der Waals surface area contributed by atoms with Crippen LogP contribution in [0.5, 0.6) is 11.5 Å². The molecular formula is C38H44N2O11. The van der Waals surface area contributed by atoms with Crippen LogP contribution in [0.15, 0.2) is 70.3 Å². The number of aliphatic hydroxyl groups excluding tert-OH is 4.